The topological polar surface area (TPSA) is 68.3 Å². The van der Waals surface area contributed by atoms with Crippen LogP contribution < -0.4 is 10.6 Å². The lowest BCUT2D eigenvalue weighted by molar-refractivity contribution is 0.258. The summed E-state index contributed by atoms with van der Waals surface area (Å²) >= 11 is 0. The van der Waals surface area contributed by atoms with Gasteiger partial charge in [-0.25, -0.2) is 4.98 Å². The summed E-state index contributed by atoms with van der Waals surface area (Å²) in [5.74, 6) is 1.86. The van der Waals surface area contributed by atoms with E-state index in [1.807, 2.05) is 25.2 Å². The van der Waals surface area contributed by atoms with E-state index in [-0.39, 0.29) is 0 Å². The van der Waals surface area contributed by atoms with Gasteiger partial charge in [-0.3, -0.25) is 9.89 Å². The Morgan fingerprint density at radius 2 is 1.97 bits per heavy atom. The zero-order chi connectivity index (χ0) is 20.1. The molecule has 6 heteroatoms. The molecule has 0 spiro atoms. The number of aromatic nitrogens is 2. The maximum atomic E-state index is 4.64. The Hall–Kier alpha value is -2.86. The van der Waals surface area contributed by atoms with Crippen LogP contribution in [0.3, 0.4) is 0 Å². The third-order valence-electron chi connectivity index (χ3n) is 5.59. The molecule has 29 heavy (non-hydrogen) atoms. The number of rotatable bonds is 6. The normalized spacial score (nSPS) is 20.3. The number of H-pyrrole nitrogens is 1. The van der Waals surface area contributed by atoms with E-state index >= 15 is 0 Å². The van der Waals surface area contributed by atoms with Crippen LogP contribution in [0.1, 0.15) is 24.7 Å². The predicted octanol–water partition coefficient (Wildman–Crippen LogP) is 2.93. The first-order chi connectivity index (χ1) is 14.2. The van der Waals surface area contributed by atoms with Gasteiger partial charge in [-0.05, 0) is 31.0 Å². The molecule has 3 N–H and O–H groups in total. The molecule has 0 amide bonds. The molecule has 4 rings (SSSR count). The van der Waals surface area contributed by atoms with Gasteiger partial charge in [0.05, 0.1) is 11.0 Å². The van der Waals surface area contributed by atoms with Crippen LogP contribution in [-0.4, -0.2) is 53.0 Å². The molecule has 1 aliphatic rings. The number of hydrogen-bond donors (Lipinski definition) is 3. The highest BCUT2D eigenvalue weighted by Crippen LogP contribution is 2.20. The molecule has 152 valence electrons. The summed E-state index contributed by atoms with van der Waals surface area (Å²) in [4.78, 5) is 15.0. The molecule has 2 aromatic carbocycles. The van der Waals surface area contributed by atoms with E-state index in [9.17, 15) is 0 Å². The number of benzene rings is 2. The molecule has 0 saturated carbocycles. The van der Waals surface area contributed by atoms with E-state index in [0.717, 1.165) is 55.3 Å². The number of para-hydroxylation sites is 2. The van der Waals surface area contributed by atoms with Crippen molar-refractivity contribution in [2.24, 2.45) is 4.99 Å². The zero-order valence-electron chi connectivity index (χ0n) is 17.2. The first-order valence-electron chi connectivity index (χ1n) is 10.4. The molecule has 3 aromatic rings. The number of fused-ring (bicyclic) bond motifs is 1. The number of nitrogens with one attached hydrogen (secondary N) is 3. The predicted molar refractivity (Wildman–Crippen MR) is 119 cm³/mol. The van der Waals surface area contributed by atoms with E-state index in [0.29, 0.717) is 12.1 Å². The van der Waals surface area contributed by atoms with Crippen molar-refractivity contribution in [3.63, 3.8) is 0 Å². The Morgan fingerprint density at radius 1 is 1.17 bits per heavy atom. The largest absolute Gasteiger partial charge is 0.356 e. The Bertz CT molecular complexity index is 915. The summed E-state index contributed by atoms with van der Waals surface area (Å²) in [6, 6.07) is 19.8. The van der Waals surface area contributed by atoms with Crippen molar-refractivity contribution >= 4 is 17.0 Å². The molecular weight excluding hydrogens is 360 g/mol. The molecule has 2 atom stereocenters. The van der Waals surface area contributed by atoms with E-state index in [4.69, 9.17) is 0 Å². The molecule has 2 unspecified atom stereocenters. The fraction of sp³-hybridized carbons (Fsp3) is 0.391. The van der Waals surface area contributed by atoms with Gasteiger partial charge in [0.1, 0.15) is 5.82 Å². The van der Waals surface area contributed by atoms with E-state index in [1.165, 1.54) is 5.56 Å². The first-order valence-corrected chi connectivity index (χ1v) is 10.4. The van der Waals surface area contributed by atoms with Crippen molar-refractivity contribution in [1.29, 1.82) is 0 Å². The Labute approximate surface area is 172 Å². The molecule has 1 aliphatic heterocycles. The molecule has 1 saturated heterocycles. The number of aliphatic imine (C=N–C) groups is 1. The quantitative estimate of drug-likeness (QED) is 0.447. The van der Waals surface area contributed by atoms with Gasteiger partial charge in [0.15, 0.2) is 5.96 Å². The summed E-state index contributed by atoms with van der Waals surface area (Å²) in [5, 5.41) is 7.02. The van der Waals surface area contributed by atoms with Crippen LogP contribution in [0.15, 0.2) is 59.6 Å². The third-order valence-corrected chi connectivity index (χ3v) is 5.59. The first kappa shape index (κ1) is 19.5. The average Bonchev–Trinajstić information content (AvgIpc) is 3.30. The maximum Gasteiger partial charge on any atom is 0.191 e. The molecule has 1 fully saturated rings. The molecular formula is C23H30N6. The number of guanidine groups is 1. The summed E-state index contributed by atoms with van der Waals surface area (Å²) in [5.41, 5.74) is 3.47. The van der Waals surface area contributed by atoms with Crippen LogP contribution in [-0.2, 0) is 13.0 Å². The maximum absolute atomic E-state index is 4.64. The fourth-order valence-corrected chi connectivity index (χ4v) is 4.05. The van der Waals surface area contributed by atoms with E-state index < -0.39 is 0 Å². The lowest BCUT2D eigenvalue weighted by Gasteiger charge is -2.21. The van der Waals surface area contributed by atoms with E-state index in [1.54, 1.807) is 0 Å². The van der Waals surface area contributed by atoms with Gasteiger partial charge >= 0.3 is 0 Å². The Balaban J connectivity index is 1.25. The molecule has 2 heterocycles. The summed E-state index contributed by atoms with van der Waals surface area (Å²) < 4.78 is 0. The molecule has 0 bridgehead atoms. The van der Waals surface area contributed by atoms with Gasteiger partial charge < -0.3 is 15.6 Å². The van der Waals surface area contributed by atoms with Crippen molar-refractivity contribution in [2.45, 2.75) is 38.4 Å². The van der Waals surface area contributed by atoms with Gasteiger partial charge in [-0.1, -0.05) is 42.5 Å². The standard InChI is InChI=1S/C23H30N6/c1-17-14-19(16-29(17)15-18-8-4-3-5-9-18)26-23(24-2)25-13-12-22-27-20-10-6-7-11-21(20)28-22/h3-11,17,19H,12-16H2,1-2H3,(H,27,28)(H2,24,25,26). The molecule has 1 aromatic heterocycles. The van der Waals surface area contributed by atoms with Crippen LogP contribution in [0.4, 0.5) is 0 Å². The van der Waals surface area contributed by atoms with Gasteiger partial charge in [0.25, 0.3) is 0 Å². The van der Waals surface area contributed by atoms with Crippen molar-refractivity contribution in [3.8, 4) is 0 Å². The van der Waals surface area contributed by atoms with Gasteiger partial charge in [-0.2, -0.15) is 0 Å². The summed E-state index contributed by atoms with van der Waals surface area (Å²) in [7, 11) is 1.83. The smallest absolute Gasteiger partial charge is 0.191 e. The molecule has 6 nitrogen and oxygen atoms in total. The minimum atomic E-state index is 0.408. The van der Waals surface area contributed by atoms with Crippen molar-refractivity contribution in [2.75, 3.05) is 20.1 Å². The lowest BCUT2D eigenvalue weighted by atomic mass is 10.2. The summed E-state index contributed by atoms with van der Waals surface area (Å²) in [6.07, 6.45) is 1.95. The van der Waals surface area contributed by atoms with Crippen LogP contribution in [0.2, 0.25) is 0 Å². The number of imidazole rings is 1. The van der Waals surface area contributed by atoms with Crippen molar-refractivity contribution in [3.05, 3.63) is 66.0 Å². The van der Waals surface area contributed by atoms with Crippen LogP contribution in [0.25, 0.3) is 11.0 Å². The zero-order valence-corrected chi connectivity index (χ0v) is 17.2. The minimum absolute atomic E-state index is 0.408. The Kier molecular flexibility index (Phi) is 6.10. The monoisotopic (exact) mass is 390 g/mol. The highest BCUT2D eigenvalue weighted by atomic mass is 15.3. The third kappa shape index (κ3) is 4.95. The second-order valence-corrected chi connectivity index (χ2v) is 7.79. The van der Waals surface area contributed by atoms with Crippen molar-refractivity contribution in [1.82, 2.24) is 25.5 Å². The minimum Gasteiger partial charge on any atom is -0.356 e. The van der Waals surface area contributed by atoms with Crippen molar-refractivity contribution < 1.29 is 0 Å². The second-order valence-electron chi connectivity index (χ2n) is 7.79. The van der Waals surface area contributed by atoms with Crippen LogP contribution in [0, 0.1) is 0 Å². The Morgan fingerprint density at radius 3 is 2.76 bits per heavy atom. The van der Waals surface area contributed by atoms with E-state index in [2.05, 4.69) is 73.8 Å². The highest BCUT2D eigenvalue weighted by Gasteiger charge is 2.29. The number of likely N-dealkylation sites (tertiary alicyclic amines) is 1. The van der Waals surface area contributed by atoms with Gasteiger partial charge in [0.2, 0.25) is 0 Å². The lowest BCUT2D eigenvalue weighted by Crippen LogP contribution is -2.45. The highest BCUT2D eigenvalue weighted by molar-refractivity contribution is 5.80. The average molecular weight is 391 g/mol. The number of aromatic amines is 1. The number of hydrogen-bond acceptors (Lipinski definition) is 3. The SMILES string of the molecule is CN=C(NCCc1nc2ccccc2[nH]1)NC1CC(C)N(Cc2ccccc2)C1. The summed E-state index contributed by atoms with van der Waals surface area (Å²) in [6.45, 7) is 5.12. The number of nitrogens with zero attached hydrogens (tertiary/aromatic N) is 3. The molecule has 0 radical (unpaired) electrons. The van der Waals surface area contributed by atoms with Gasteiger partial charge in [0, 0.05) is 45.2 Å². The van der Waals surface area contributed by atoms with Crippen LogP contribution >= 0.6 is 0 Å². The second kappa shape index (κ2) is 9.09. The van der Waals surface area contributed by atoms with Crippen LogP contribution in [0.5, 0.6) is 0 Å². The molecule has 0 aliphatic carbocycles. The fourth-order valence-electron chi connectivity index (χ4n) is 4.05. The van der Waals surface area contributed by atoms with Gasteiger partial charge in [-0.15, -0.1) is 0 Å².